The average molecular weight is 1120 g/mol. The molecule has 5 atom stereocenters. The predicted molar refractivity (Wildman–Crippen MR) is 294 cm³/mol. The number of phosphoric acid groups is 2. The number of carbonyl (C=O) groups excluding carboxylic acids is 4. The van der Waals surface area contributed by atoms with Gasteiger partial charge in [-0.05, 0) is 37.5 Å². The molecule has 0 aromatic heterocycles. The van der Waals surface area contributed by atoms with Crippen LogP contribution < -0.4 is 0 Å². The molecule has 0 radical (unpaired) electrons. The molecule has 19 heteroatoms. The largest absolute Gasteiger partial charge is 0.472 e. The number of rotatable bonds is 55. The average Bonchev–Trinajstić information content (AvgIpc) is 3.36. The summed E-state index contributed by atoms with van der Waals surface area (Å²) in [7, 11) is -9.86. The molecule has 444 valence electrons. The number of ether oxygens (including phenoxy) is 4. The highest BCUT2D eigenvalue weighted by molar-refractivity contribution is 7.47. The fourth-order valence-electron chi connectivity index (χ4n) is 8.12. The van der Waals surface area contributed by atoms with Gasteiger partial charge in [-0.25, -0.2) is 9.13 Å². The maximum Gasteiger partial charge on any atom is 0.472 e. The second-order valence-electron chi connectivity index (χ2n) is 21.3. The van der Waals surface area contributed by atoms with Gasteiger partial charge < -0.3 is 33.8 Å². The van der Waals surface area contributed by atoms with E-state index in [1.165, 1.54) is 64.2 Å². The number of hydrogen-bond acceptors (Lipinski definition) is 15. The van der Waals surface area contributed by atoms with Gasteiger partial charge in [0.2, 0.25) is 0 Å². The molecule has 0 bridgehead atoms. The number of hydrogen-bond donors (Lipinski definition) is 3. The lowest BCUT2D eigenvalue weighted by molar-refractivity contribution is -0.161. The van der Waals surface area contributed by atoms with Crippen LogP contribution in [0.25, 0.3) is 0 Å². The van der Waals surface area contributed by atoms with E-state index in [4.69, 9.17) is 37.0 Å². The van der Waals surface area contributed by atoms with Crippen molar-refractivity contribution in [3.05, 3.63) is 0 Å². The van der Waals surface area contributed by atoms with Gasteiger partial charge in [0.1, 0.15) is 19.3 Å². The Bertz CT molecular complexity index is 1500. The summed E-state index contributed by atoms with van der Waals surface area (Å²) in [6.45, 7) is 9.22. The van der Waals surface area contributed by atoms with E-state index in [2.05, 4.69) is 41.5 Å². The lowest BCUT2D eigenvalue weighted by atomic mass is 10.0. The Balaban J connectivity index is 5.22. The van der Waals surface area contributed by atoms with Crippen LogP contribution in [0.15, 0.2) is 0 Å². The minimum atomic E-state index is -4.93. The van der Waals surface area contributed by atoms with E-state index in [1.807, 2.05) is 0 Å². The van der Waals surface area contributed by atoms with E-state index in [0.29, 0.717) is 37.5 Å². The van der Waals surface area contributed by atoms with Crippen molar-refractivity contribution in [2.75, 3.05) is 39.6 Å². The smallest absolute Gasteiger partial charge is 0.462 e. The van der Waals surface area contributed by atoms with Crippen LogP contribution in [0.2, 0.25) is 0 Å². The quantitative estimate of drug-likeness (QED) is 0.0222. The Labute approximate surface area is 454 Å². The molecule has 0 saturated carbocycles. The van der Waals surface area contributed by atoms with Crippen LogP contribution >= 0.6 is 15.6 Å². The number of carbonyl (C=O) groups is 4. The summed E-state index contributed by atoms with van der Waals surface area (Å²) in [5.41, 5.74) is 0. The monoisotopic (exact) mass is 1110 g/mol. The minimum absolute atomic E-state index is 0.102. The predicted octanol–water partition coefficient (Wildman–Crippen LogP) is 14.5. The summed E-state index contributed by atoms with van der Waals surface area (Å²) in [6, 6.07) is 0. The van der Waals surface area contributed by atoms with Crippen molar-refractivity contribution in [1.82, 2.24) is 0 Å². The zero-order valence-electron chi connectivity index (χ0n) is 47.8. The van der Waals surface area contributed by atoms with Gasteiger partial charge in [0.25, 0.3) is 0 Å². The highest BCUT2D eigenvalue weighted by Gasteiger charge is 2.30. The number of aliphatic hydroxyl groups excluding tert-OH is 1. The second-order valence-corrected chi connectivity index (χ2v) is 24.2. The normalized spacial score (nSPS) is 14.5. The van der Waals surface area contributed by atoms with Crippen molar-refractivity contribution in [3.8, 4) is 0 Å². The third-order valence-electron chi connectivity index (χ3n) is 12.7. The molecule has 0 saturated heterocycles. The van der Waals surface area contributed by atoms with E-state index >= 15 is 0 Å². The van der Waals surface area contributed by atoms with Gasteiger partial charge in [-0.3, -0.25) is 37.3 Å². The van der Waals surface area contributed by atoms with Crippen LogP contribution in [-0.4, -0.2) is 96.7 Å². The fraction of sp³-hybridized carbons (Fsp3) is 0.929. The van der Waals surface area contributed by atoms with Crippen LogP contribution in [0.5, 0.6) is 0 Å². The molecule has 0 aliphatic rings. The van der Waals surface area contributed by atoms with Crippen LogP contribution in [0.1, 0.15) is 266 Å². The molecule has 0 aromatic rings. The topological polar surface area (TPSA) is 237 Å². The van der Waals surface area contributed by atoms with Crippen molar-refractivity contribution in [1.29, 1.82) is 0 Å². The molecule has 0 aliphatic carbocycles. The van der Waals surface area contributed by atoms with Crippen molar-refractivity contribution in [3.63, 3.8) is 0 Å². The first-order chi connectivity index (χ1) is 35.9. The first-order valence-electron chi connectivity index (χ1n) is 29.5. The summed E-state index contributed by atoms with van der Waals surface area (Å²) in [5.74, 6) is -0.780. The van der Waals surface area contributed by atoms with Crippen molar-refractivity contribution in [2.45, 2.75) is 285 Å². The van der Waals surface area contributed by atoms with E-state index in [-0.39, 0.29) is 25.7 Å². The van der Waals surface area contributed by atoms with Crippen LogP contribution in [0, 0.1) is 11.8 Å². The first kappa shape index (κ1) is 73.1. The molecule has 0 aromatic carbocycles. The summed E-state index contributed by atoms with van der Waals surface area (Å²) in [5, 5.41) is 10.5. The SMILES string of the molecule is CCCCCCCCCCCC(=O)O[C@H](COC(=O)CCCCCCCCC)COP(=O)(O)OC[C@H](O)COP(=O)(O)OC[C@@H](COC(=O)CCCCCCCCC(C)C)OC(=O)CCCCCCCCCC(C)C. The summed E-state index contributed by atoms with van der Waals surface area (Å²) >= 11 is 0. The molecule has 0 heterocycles. The Morgan fingerprint density at radius 1 is 0.360 bits per heavy atom. The van der Waals surface area contributed by atoms with E-state index in [1.54, 1.807) is 0 Å². The van der Waals surface area contributed by atoms with Crippen molar-refractivity contribution < 1.29 is 80.2 Å². The third-order valence-corrected chi connectivity index (χ3v) is 14.6. The lowest BCUT2D eigenvalue weighted by Crippen LogP contribution is -2.30. The molecule has 3 N–H and O–H groups in total. The third kappa shape index (κ3) is 51.3. The van der Waals surface area contributed by atoms with E-state index in [0.717, 1.165) is 109 Å². The second kappa shape index (κ2) is 49.1. The number of esters is 4. The highest BCUT2D eigenvalue weighted by atomic mass is 31.2. The van der Waals surface area contributed by atoms with Gasteiger partial charge in [-0.15, -0.1) is 0 Å². The molecule has 0 fully saturated rings. The minimum Gasteiger partial charge on any atom is -0.462 e. The highest BCUT2D eigenvalue weighted by Crippen LogP contribution is 2.45. The van der Waals surface area contributed by atoms with Gasteiger partial charge >= 0.3 is 39.5 Å². The van der Waals surface area contributed by atoms with Gasteiger partial charge in [0, 0.05) is 25.7 Å². The van der Waals surface area contributed by atoms with Crippen LogP contribution in [0.4, 0.5) is 0 Å². The Morgan fingerprint density at radius 3 is 0.907 bits per heavy atom. The lowest BCUT2D eigenvalue weighted by Gasteiger charge is -2.21. The zero-order valence-corrected chi connectivity index (χ0v) is 49.6. The van der Waals surface area contributed by atoms with Crippen molar-refractivity contribution in [2.24, 2.45) is 11.8 Å². The maximum absolute atomic E-state index is 12.9. The van der Waals surface area contributed by atoms with E-state index in [9.17, 15) is 43.2 Å². The number of aliphatic hydroxyl groups is 1. The molecular weight excluding hydrogens is 1010 g/mol. The fourth-order valence-corrected chi connectivity index (χ4v) is 9.70. The summed E-state index contributed by atoms with van der Waals surface area (Å²) in [4.78, 5) is 71.6. The Hall–Kier alpha value is -1.94. The number of unbranched alkanes of at least 4 members (excludes halogenated alkanes) is 25. The molecule has 0 amide bonds. The molecule has 75 heavy (non-hydrogen) atoms. The summed E-state index contributed by atoms with van der Waals surface area (Å²) in [6.07, 6.45) is 28.3. The van der Waals surface area contributed by atoms with Gasteiger partial charge in [0.15, 0.2) is 12.2 Å². The molecular formula is C56H108O17P2. The zero-order chi connectivity index (χ0) is 55.8. The maximum atomic E-state index is 12.9. The molecule has 0 rings (SSSR count). The van der Waals surface area contributed by atoms with Gasteiger partial charge in [-0.1, -0.05) is 215 Å². The van der Waals surface area contributed by atoms with Gasteiger partial charge in [0.05, 0.1) is 26.4 Å². The van der Waals surface area contributed by atoms with Crippen LogP contribution in [-0.2, 0) is 65.4 Å². The van der Waals surface area contributed by atoms with Gasteiger partial charge in [-0.2, -0.15) is 0 Å². The summed E-state index contributed by atoms with van der Waals surface area (Å²) < 4.78 is 67.5. The number of phosphoric ester groups is 2. The molecule has 17 nitrogen and oxygen atoms in total. The molecule has 0 spiro atoms. The van der Waals surface area contributed by atoms with Crippen molar-refractivity contribution >= 4 is 39.5 Å². The molecule has 0 aliphatic heterocycles. The van der Waals surface area contributed by atoms with Crippen LogP contribution in [0.3, 0.4) is 0 Å². The Kier molecular flexibility index (Phi) is 47.9. The first-order valence-corrected chi connectivity index (χ1v) is 32.5. The molecule has 2 unspecified atom stereocenters. The standard InChI is InChI=1S/C56H108O17P2/c1-7-9-11-13-15-16-20-28-34-40-55(60)72-51(44-66-53(58)38-32-26-18-14-12-10-8-2)46-70-74(62,63)68-42-50(57)43-69-75(64,65)71-47-52(45-67-54(59)39-33-27-23-22-25-31-37-49(5)6)73-56(61)41-35-29-21-17-19-24-30-36-48(3)4/h48-52,57H,7-47H2,1-6H3,(H,62,63)(H,64,65)/t50-,51+,52+/m0/s1. The Morgan fingerprint density at radius 2 is 0.613 bits per heavy atom. The van der Waals surface area contributed by atoms with E-state index < -0.39 is 97.5 Å².